The maximum Gasteiger partial charge on any atom is 0.168 e. The van der Waals surface area contributed by atoms with Crippen molar-refractivity contribution in [1.82, 2.24) is 19.7 Å². The number of nitrogens with zero attached hydrogens (tertiary/aromatic N) is 4. The first-order valence-corrected chi connectivity index (χ1v) is 7.51. The Bertz CT molecular complexity index is 765. The van der Waals surface area contributed by atoms with E-state index in [1.165, 1.54) is 0 Å². The molecule has 2 aromatic heterocycles. The van der Waals surface area contributed by atoms with Crippen LogP contribution in [-0.4, -0.2) is 39.0 Å². The summed E-state index contributed by atoms with van der Waals surface area (Å²) in [6.07, 6.45) is 5.89. The first-order valence-electron chi connectivity index (χ1n) is 7.51. The lowest BCUT2D eigenvalue weighted by atomic mass is 10.2. The lowest BCUT2D eigenvalue weighted by Crippen LogP contribution is -2.19. The summed E-state index contributed by atoms with van der Waals surface area (Å²) in [5, 5.41) is 8.73. The Morgan fingerprint density at radius 2 is 2.14 bits per heavy atom. The molecule has 1 fully saturated rings. The highest BCUT2D eigenvalue weighted by Crippen LogP contribution is 2.22. The van der Waals surface area contributed by atoms with Gasteiger partial charge in [0.15, 0.2) is 5.65 Å². The zero-order valence-corrected chi connectivity index (χ0v) is 12.1. The van der Waals surface area contributed by atoms with Crippen molar-refractivity contribution in [3.05, 3.63) is 42.9 Å². The van der Waals surface area contributed by atoms with E-state index in [0.717, 1.165) is 48.5 Å². The van der Waals surface area contributed by atoms with Crippen LogP contribution in [0.25, 0.3) is 16.7 Å². The molecule has 1 saturated heterocycles. The zero-order chi connectivity index (χ0) is 14.8. The van der Waals surface area contributed by atoms with Crippen LogP contribution in [0.4, 0.5) is 5.82 Å². The monoisotopic (exact) mass is 295 g/mol. The van der Waals surface area contributed by atoms with Crippen LogP contribution in [-0.2, 0) is 4.74 Å². The van der Waals surface area contributed by atoms with Crippen LogP contribution in [0.2, 0.25) is 0 Å². The van der Waals surface area contributed by atoms with Crippen molar-refractivity contribution in [2.75, 3.05) is 18.5 Å². The molecular formula is C16H17N5O. The quantitative estimate of drug-likeness (QED) is 0.800. The van der Waals surface area contributed by atoms with Gasteiger partial charge in [-0.2, -0.15) is 5.10 Å². The summed E-state index contributed by atoms with van der Waals surface area (Å²) >= 11 is 0. The van der Waals surface area contributed by atoms with Crippen molar-refractivity contribution < 1.29 is 4.74 Å². The van der Waals surface area contributed by atoms with Gasteiger partial charge >= 0.3 is 0 Å². The van der Waals surface area contributed by atoms with Crippen molar-refractivity contribution in [2.45, 2.75) is 18.9 Å². The fourth-order valence-electron chi connectivity index (χ4n) is 2.76. The highest BCUT2D eigenvalue weighted by Gasteiger charge is 2.16. The second kappa shape index (κ2) is 5.73. The normalized spacial score (nSPS) is 17.9. The molecule has 112 valence electrons. The van der Waals surface area contributed by atoms with Gasteiger partial charge in [0.25, 0.3) is 0 Å². The minimum absolute atomic E-state index is 0.272. The van der Waals surface area contributed by atoms with Crippen LogP contribution in [0, 0.1) is 0 Å². The van der Waals surface area contributed by atoms with E-state index in [2.05, 4.69) is 20.4 Å². The Balaban J connectivity index is 1.65. The van der Waals surface area contributed by atoms with Crippen LogP contribution in [0.3, 0.4) is 0 Å². The molecule has 1 atom stereocenters. The van der Waals surface area contributed by atoms with E-state index in [4.69, 9.17) is 4.74 Å². The second-order valence-corrected chi connectivity index (χ2v) is 5.37. The SMILES string of the molecule is c1ccc(-n2ncc3c(NC[C@H]4CCCO4)ncnc32)cc1. The van der Waals surface area contributed by atoms with E-state index in [1.807, 2.05) is 35.0 Å². The van der Waals surface area contributed by atoms with E-state index in [0.29, 0.717) is 0 Å². The Hall–Kier alpha value is -2.47. The second-order valence-electron chi connectivity index (χ2n) is 5.37. The number of nitrogens with one attached hydrogen (secondary N) is 1. The first-order chi connectivity index (χ1) is 10.9. The molecule has 0 amide bonds. The number of hydrogen-bond donors (Lipinski definition) is 1. The molecule has 0 aliphatic carbocycles. The van der Waals surface area contributed by atoms with Gasteiger partial charge < -0.3 is 10.1 Å². The summed E-state index contributed by atoms with van der Waals surface area (Å²) in [6, 6.07) is 9.97. The molecule has 6 nitrogen and oxygen atoms in total. The summed E-state index contributed by atoms with van der Waals surface area (Å²) in [7, 11) is 0. The molecule has 6 heteroatoms. The molecule has 3 aromatic rings. The van der Waals surface area contributed by atoms with Gasteiger partial charge in [0.2, 0.25) is 0 Å². The third-order valence-corrected chi connectivity index (χ3v) is 3.89. The average molecular weight is 295 g/mol. The zero-order valence-electron chi connectivity index (χ0n) is 12.1. The fraction of sp³-hybridized carbons (Fsp3) is 0.312. The Kier molecular flexibility index (Phi) is 3.44. The molecule has 1 N–H and O–H groups in total. The fourth-order valence-corrected chi connectivity index (χ4v) is 2.76. The van der Waals surface area contributed by atoms with Crippen molar-refractivity contribution in [1.29, 1.82) is 0 Å². The maximum absolute atomic E-state index is 5.63. The largest absolute Gasteiger partial charge is 0.376 e. The molecule has 0 unspecified atom stereocenters. The van der Waals surface area contributed by atoms with E-state index >= 15 is 0 Å². The summed E-state index contributed by atoms with van der Waals surface area (Å²) in [4.78, 5) is 8.72. The molecule has 0 saturated carbocycles. The number of para-hydroxylation sites is 1. The van der Waals surface area contributed by atoms with Crippen LogP contribution in [0.15, 0.2) is 42.9 Å². The lowest BCUT2D eigenvalue weighted by molar-refractivity contribution is 0.120. The third-order valence-electron chi connectivity index (χ3n) is 3.89. The van der Waals surface area contributed by atoms with Gasteiger partial charge in [-0.25, -0.2) is 14.6 Å². The molecule has 1 aliphatic heterocycles. The number of ether oxygens (including phenoxy) is 1. The van der Waals surface area contributed by atoms with Gasteiger partial charge in [-0.3, -0.25) is 0 Å². The third kappa shape index (κ3) is 2.42. The smallest absolute Gasteiger partial charge is 0.168 e. The molecule has 3 heterocycles. The van der Waals surface area contributed by atoms with Gasteiger partial charge in [0, 0.05) is 13.2 Å². The van der Waals surface area contributed by atoms with Crippen LogP contribution in [0.5, 0.6) is 0 Å². The maximum atomic E-state index is 5.63. The van der Waals surface area contributed by atoms with E-state index in [1.54, 1.807) is 12.5 Å². The molecule has 0 spiro atoms. The molecule has 22 heavy (non-hydrogen) atoms. The lowest BCUT2D eigenvalue weighted by Gasteiger charge is -2.11. The van der Waals surface area contributed by atoms with E-state index < -0.39 is 0 Å². The Labute approximate surface area is 128 Å². The molecular weight excluding hydrogens is 278 g/mol. The Morgan fingerprint density at radius 3 is 2.95 bits per heavy atom. The summed E-state index contributed by atoms with van der Waals surface area (Å²) in [5.74, 6) is 0.808. The summed E-state index contributed by atoms with van der Waals surface area (Å²) in [6.45, 7) is 1.63. The minimum Gasteiger partial charge on any atom is -0.376 e. The number of aromatic nitrogens is 4. The van der Waals surface area contributed by atoms with Crippen molar-refractivity contribution in [3.63, 3.8) is 0 Å². The minimum atomic E-state index is 0.272. The van der Waals surface area contributed by atoms with E-state index in [9.17, 15) is 0 Å². The Morgan fingerprint density at radius 1 is 1.23 bits per heavy atom. The number of hydrogen-bond acceptors (Lipinski definition) is 5. The average Bonchev–Trinajstić information content (AvgIpc) is 3.23. The van der Waals surface area contributed by atoms with Crippen molar-refractivity contribution >= 4 is 16.9 Å². The van der Waals surface area contributed by atoms with Gasteiger partial charge in [-0.1, -0.05) is 18.2 Å². The molecule has 0 radical (unpaired) electrons. The summed E-state index contributed by atoms with van der Waals surface area (Å²) in [5.41, 5.74) is 1.79. The molecule has 1 aromatic carbocycles. The number of fused-ring (bicyclic) bond motifs is 1. The molecule has 4 rings (SSSR count). The highest BCUT2D eigenvalue weighted by molar-refractivity contribution is 5.87. The van der Waals surface area contributed by atoms with Gasteiger partial charge in [0.1, 0.15) is 12.1 Å². The van der Waals surface area contributed by atoms with Crippen molar-refractivity contribution in [2.24, 2.45) is 0 Å². The van der Waals surface area contributed by atoms with Crippen LogP contribution >= 0.6 is 0 Å². The topological polar surface area (TPSA) is 64.9 Å². The van der Waals surface area contributed by atoms with Crippen LogP contribution < -0.4 is 5.32 Å². The molecule has 0 bridgehead atoms. The standard InChI is InChI=1S/C16H17N5O/c1-2-5-12(6-3-1)21-16-14(10-20-21)15(18-11-19-16)17-9-13-7-4-8-22-13/h1-3,5-6,10-11,13H,4,7-9H2,(H,17,18,19)/t13-/m1/s1. The van der Waals surface area contributed by atoms with Crippen molar-refractivity contribution in [3.8, 4) is 5.69 Å². The summed E-state index contributed by atoms with van der Waals surface area (Å²) < 4.78 is 7.46. The van der Waals surface area contributed by atoms with Gasteiger partial charge in [0.05, 0.1) is 23.4 Å². The predicted octanol–water partition coefficient (Wildman–Crippen LogP) is 2.41. The van der Waals surface area contributed by atoms with E-state index in [-0.39, 0.29) is 6.10 Å². The highest BCUT2D eigenvalue weighted by atomic mass is 16.5. The molecule has 1 aliphatic rings. The van der Waals surface area contributed by atoms with Gasteiger partial charge in [-0.15, -0.1) is 0 Å². The van der Waals surface area contributed by atoms with Crippen LogP contribution in [0.1, 0.15) is 12.8 Å². The predicted molar refractivity (Wildman–Crippen MR) is 84.1 cm³/mol. The number of benzene rings is 1. The number of anilines is 1. The van der Waals surface area contributed by atoms with Gasteiger partial charge in [-0.05, 0) is 25.0 Å². The number of rotatable bonds is 4. The first kappa shape index (κ1) is 13.2.